The third-order valence-corrected chi connectivity index (χ3v) is 4.61. The lowest BCUT2D eigenvalue weighted by Crippen LogP contribution is -2.02. The molecule has 0 saturated carbocycles. The molecule has 2 bridgehead atoms. The number of nitrogens with one attached hydrogen (secondary N) is 1. The standard InChI is InChI=1S/C21H23N3O3/c1-25-19-13-17-15-12-20(19)27-11-7-3-2-6-10-26-18-9-5-4-8-16(18)24-21(15)23-14-22-17/h4-5,8-9,12-14H,2-3,6-7,10-11H2,1H3,(H,22,23,24). The van der Waals surface area contributed by atoms with Crippen molar-refractivity contribution in [2.24, 2.45) is 0 Å². The number of rotatable bonds is 1. The Morgan fingerprint density at radius 1 is 0.926 bits per heavy atom. The van der Waals surface area contributed by atoms with Gasteiger partial charge in [-0.2, -0.15) is 0 Å². The van der Waals surface area contributed by atoms with E-state index in [1.54, 1.807) is 13.4 Å². The molecule has 2 aromatic carbocycles. The number of benzene rings is 2. The molecule has 4 rings (SSSR count). The number of anilines is 2. The van der Waals surface area contributed by atoms with E-state index in [-0.39, 0.29) is 0 Å². The Bertz CT molecular complexity index is 930. The van der Waals surface area contributed by atoms with Crippen LogP contribution in [0.15, 0.2) is 42.7 Å². The molecule has 0 fully saturated rings. The van der Waals surface area contributed by atoms with Crippen molar-refractivity contribution in [2.45, 2.75) is 25.7 Å². The number of ether oxygens (including phenoxy) is 3. The Morgan fingerprint density at radius 3 is 2.52 bits per heavy atom. The van der Waals surface area contributed by atoms with Crippen molar-refractivity contribution in [1.82, 2.24) is 9.97 Å². The summed E-state index contributed by atoms with van der Waals surface area (Å²) in [5, 5.41) is 4.27. The van der Waals surface area contributed by atoms with Crippen LogP contribution in [0.2, 0.25) is 0 Å². The second kappa shape index (κ2) is 8.12. The maximum absolute atomic E-state index is 6.00. The highest BCUT2D eigenvalue weighted by Gasteiger charge is 2.13. The van der Waals surface area contributed by atoms with E-state index in [2.05, 4.69) is 15.3 Å². The van der Waals surface area contributed by atoms with Gasteiger partial charge in [-0.25, -0.2) is 9.97 Å². The summed E-state index contributed by atoms with van der Waals surface area (Å²) in [6.07, 6.45) is 5.77. The van der Waals surface area contributed by atoms with Gasteiger partial charge in [0.1, 0.15) is 17.9 Å². The predicted octanol–water partition coefficient (Wildman–Crippen LogP) is 4.71. The van der Waals surface area contributed by atoms with Gasteiger partial charge in [0.15, 0.2) is 11.5 Å². The SMILES string of the molecule is COc1cc2ncnc3c2cc1OCCCCCCOc1ccccc1N3. The third kappa shape index (κ3) is 3.89. The number of hydrogen-bond donors (Lipinski definition) is 1. The molecule has 1 N–H and O–H groups in total. The summed E-state index contributed by atoms with van der Waals surface area (Å²) in [6, 6.07) is 11.7. The first-order valence-electron chi connectivity index (χ1n) is 9.29. The molecule has 0 atom stereocenters. The van der Waals surface area contributed by atoms with Gasteiger partial charge in [-0.15, -0.1) is 0 Å². The van der Waals surface area contributed by atoms with Crippen LogP contribution in [-0.2, 0) is 0 Å². The lowest BCUT2D eigenvalue weighted by molar-refractivity contribution is 0.277. The minimum Gasteiger partial charge on any atom is -0.493 e. The van der Waals surface area contributed by atoms with Gasteiger partial charge in [0.2, 0.25) is 0 Å². The summed E-state index contributed by atoms with van der Waals surface area (Å²) in [7, 11) is 1.64. The average Bonchev–Trinajstić information content (AvgIpc) is 2.71. The maximum atomic E-state index is 6.00. The van der Waals surface area contributed by atoms with Crippen LogP contribution < -0.4 is 19.5 Å². The largest absolute Gasteiger partial charge is 0.493 e. The Balaban J connectivity index is 1.79. The van der Waals surface area contributed by atoms with Gasteiger partial charge in [-0.1, -0.05) is 12.1 Å². The number of hydrogen-bond acceptors (Lipinski definition) is 6. The minimum absolute atomic E-state index is 0.652. The number of para-hydroxylation sites is 2. The lowest BCUT2D eigenvalue weighted by atomic mass is 10.2. The second-order valence-electron chi connectivity index (χ2n) is 6.47. The molecule has 0 saturated heterocycles. The fourth-order valence-corrected chi connectivity index (χ4v) is 3.18. The Kier molecular flexibility index (Phi) is 5.23. The third-order valence-electron chi connectivity index (χ3n) is 4.61. The Hall–Kier alpha value is -3.02. The van der Waals surface area contributed by atoms with Crippen molar-refractivity contribution in [3.8, 4) is 17.2 Å². The molecule has 140 valence electrons. The van der Waals surface area contributed by atoms with Gasteiger partial charge in [0.25, 0.3) is 0 Å². The van der Waals surface area contributed by atoms with E-state index in [9.17, 15) is 0 Å². The first-order valence-corrected chi connectivity index (χ1v) is 9.29. The molecule has 1 aromatic heterocycles. The van der Waals surface area contributed by atoms with E-state index in [0.29, 0.717) is 30.5 Å². The van der Waals surface area contributed by atoms with Crippen LogP contribution in [-0.4, -0.2) is 30.3 Å². The quantitative estimate of drug-likeness (QED) is 0.673. The molecule has 0 unspecified atom stereocenters. The lowest BCUT2D eigenvalue weighted by Gasteiger charge is -2.15. The zero-order valence-corrected chi connectivity index (χ0v) is 15.4. The number of fused-ring (bicyclic) bond motifs is 2. The molecule has 1 aliphatic heterocycles. The summed E-state index contributed by atoms with van der Waals surface area (Å²) in [6.45, 7) is 1.35. The number of methoxy groups -OCH3 is 1. The fourth-order valence-electron chi connectivity index (χ4n) is 3.18. The smallest absolute Gasteiger partial charge is 0.162 e. The van der Waals surface area contributed by atoms with Crippen LogP contribution in [0.1, 0.15) is 25.7 Å². The second-order valence-corrected chi connectivity index (χ2v) is 6.47. The van der Waals surface area contributed by atoms with E-state index in [1.165, 1.54) is 0 Å². The molecular weight excluding hydrogens is 342 g/mol. The van der Waals surface area contributed by atoms with Gasteiger partial charge in [0, 0.05) is 11.5 Å². The van der Waals surface area contributed by atoms with Crippen molar-refractivity contribution in [2.75, 3.05) is 25.6 Å². The molecule has 27 heavy (non-hydrogen) atoms. The highest BCUT2D eigenvalue weighted by molar-refractivity contribution is 5.93. The van der Waals surface area contributed by atoms with Crippen LogP contribution in [0.4, 0.5) is 11.5 Å². The molecule has 2 heterocycles. The minimum atomic E-state index is 0.652. The van der Waals surface area contributed by atoms with Gasteiger partial charge in [-0.05, 0) is 43.9 Å². The molecule has 6 heteroatoms. The normalized spacial score (nSPS) is 14.9. The summed E-state index contributed by atoms with van der Waals surface area (Å²) in [4.78, 5) is 8.82. The molecule has 1 aliphatic rings. The molecular formula is C21H23N3O3. The highest BCUT2D eigenvalue weighted by Crippen LogP contribution is 2.36. The van der Waals surface area contributed by atoms with E-state index < -0.39 is 0 Å². The van der Waals surface area contributed by atoms with Crippen molar-refractivity contribution in [1.29, 1.82) is 0 Å². The highest BCUT2D eigenvalue weighted by atomic mass is 16.5. The van der Waals surface area contributed by atoms with E-state index in [4.69, 9.17) is 14.2 Å². The predicted molar refractivity (Wildman–Crippen MR) is 105 cm³/mol. The zero-order valence-electron chi connectivity index (χ0n) is 15.4. The van der Waals surface area contributed by atoms with Crippen LogP contribution in [0.25, 0.3) is 10.9 Å². The van der Waals surface area contributed by atoms with E-state index in [1.807, 2.05) is 36.4 Å². The Morgan fingerprint density at radius 2 is 1.70 bits per heavy atom. The molecule has 6 nitrogen and oxygen atoms in total. The van der Waals surface area contributed by atoms with Gasteiger partial charge in [-0.3, -0.25) is 0 Å². The molecule has 0 radical (unpaired) electrons. The molecule has 0 aliphatic carbocycles. The fraction of sp³-hybridized carbons (Fsp3) is 0.333. The van der Waals surface area contributed by atoms with Crippen LogP contribution >= 0.6 is 0 Å². The first kappa shape index (κ1) is 17.4. The van der Waals surface area contributed by atoms with Crippen molar-refractivity contribution in [3.05, 3.63) is 42.7 Å². The van der Waals surface area contributed by atoms with Gasteiger partial charge < -0.3 is 19.5 Å². The summed E-state index contributed by atoms with van der Waals surface area (Å²) < 4.78 is 17.5. The van der Waals surface area contributed by atoms with Crippen molar-refractivity contribution >= 4 is 22.4 Å². The summed E-state index contributed by atoms with van der Waals surface area (Å²) >= 11 is 0. The number of aromatic nitrogens is 2. The van der Waals surface area contributed by atoms with Gasteiger partial charge >= 0.3 is 0 Å². The number of nitrogens with zero attached hydrogens (tertiary/aromatic N) is 2. The molecule has 3 aromatic rings. The van der Waals surface area contributed by atoms with Crippen LogP contribution in [0, 0.1) is 0 Å². The van der Waals surface area contributed by atoms with Crippen LogP contribution in [0.3, 0.4) is 0 Å². The first-order chi connectivity index (χ1) is 13.3. The van der Waals surface area contributed by atoms with E-state index >= 15 is 0 Å². The molecule has 0 spiro atoms. The summed E-state index contributed by atoms with van der Waals surface area (Å²) in [5.74, 6) is 2.92. The van der Waals surface area contributed by atoms with Crippen molar-refractivity contribution in [3.63, 3.8) is 0 Å². The van der Waals surface area contributed by atoms with Crippen molar-refractivity contribution < 1.29 is 14.2 Å². The topological polar surface area (TPSA) is 65.5 Å². The summed E-state index contributed by atoms with van der Waals surface area (Å²) in [5.41, 5.74) is 1.67. The average molecular weight is 365 g/mol. The zero-order chi connectivity index (χ0) is 18.5. The Labute approximate surface area is 158 Å². The van der Waals surface area contributed by atoms with E-state index in [0.717, 1.165) is 48.0 Å². The van der Waals surface area contributed by atoms with Gasteiger partial charge in [0.05, 0.1) is 31.5 Å². The monoisotopic (exact) mass is 365 g/mol. The van der Waals surface area contributed by atoms with Crippen LogP contribution in [0.5, 0.6) is 17.2 Å². The molecule has 0 amide bonds. The maximum Gasteiger partial charge on any atom is 0.162 e.